The molecular formula is C16H23N3O6. The van der Waals surface area contributed by atoms with E-state index in [0.717, 1.165) is 0 Å². The minimum absolute atomic E-state index is 0.141. The topological polar surface area (TPSA) is 133 Å². The molecule has 1 aromatic heterocycles. The summed E-state index contributed by atoms with van der Waals surface area (Å²) < 4.78 is 1.31. The molecule has 2 rings (SSSR count). The fraction of sp³-hybridized carbons (Fsp3) is 0.625. The van der Waals surface area contributed by atoms with Gasteiger partial charge in [0.05, 0.1) is 24.6 Å². The number of carboxylic acids is 1. The number of likely N-dealkylation sites (N-methyl/N-ethyl adjacent to an activating group) is 1. The average Bonchev–Trinajstić information content (AvgIpc) is 2.56. The Morgan fingerprint density at radius 3 is 2.64 bits per heavy atom. The lowest BCUT2D eigenvalue weighted by atomic mass is 9.86. The van der Waals surface area contributed by atoms with Gasteiger partial charge in [0.15, 0.2) is 0 Å². The molecule has 1 aliphatic rings. The first-order chi connectivity index (χ1) is 11.7. The summed E-state index contributed by atoms with van der Waals surface area (Å²) in [5, 5.41) is 19.4. The number of amides is 1. The first kappa shape index (κ1) is 18.9. The highest BCUT2D eigenvalue weighted by Crippen LogP contribution is 2.30. The largest absolute Gasteiger partial charge is 0.481 e. The number of aromatic nitrogens is 2. The summed E-state index contributed by atoms with van der Waals surface area (Å²) in [7, 11) is 1.53. The van der Waals surface area contributed by atoms with Gasteiger partial charge in [0.2, 0.25) is 5.91 Å². The maximum atomic E-state index is 12.1. The fourth-order valence-electron chi connectivity index (χ4n) is 3.27. The molecule has 1 amide bonds. The van der Waals surface area contributed by atoms with E-state index in [1.54, 1.807) is 6.92 Å². The predicted octanol–water partition coefficient (Wildman–Crippen LogP) is -0.377. The van der Waals surface area contributed by atoms with Crippen LogP contribution in [0, 0.1) is 6.92 Å². The highest BCUT2D eigenvalue weighted by atomic mass is 16.4. The van der Waals surface area contributed by atoms with Gasteiger partial charge in [0.1, 0.15) is 0 Å². The molecule has 3 N–H and O–H groups in total. The van der Waals surface area contributed by atoms with Crippen LogP contribution in [0.25, 0.3) is 0 Å². The summed E-state index contributed by atoms with van der Waals surface area (Å²) in [4.78, 5) is 49.9. The second-order valence-corrected chi connectivity index (χ2v) is 6.43. The number of aliphatic hydroxyl groups is 1. The standard InChI is InChI=1S/C16H23N3O6/c1-9-8-19(16(25)17-15(9)24)11-5-3-4-10(14(11)23)18(2)12(20)6-7-13(21)22/h8,10-11,14,23H,3-7H2,1-2H3,(H,21,22)(H,17,24,25)/t10-,11-,14-/m0/s1. The van der Waals surface area contributed by atoms with Crippen LogP contribution in [0.4, 0.5) is 0 Å². The number of H-pyrrole nitrogens is 1. The van der Waals surface area contributed by atoms with Crippen molar-refractivity contribution < 1.29 is 19.8 Å². The minimum atomic E-state index is -1.06. The van der Waals surface area contributed by atoms with Crippen LogP contribution in [0.1, 0.15) is 43.7 Å². The van der Waals surface area contributed by atoms with Crippen molar-refractivity contribution >= 4 is 11.9 Å². The molecular weight excluding hydrogens is 330 g/mol. The van der Waals surface area contributed by atoms with E-state index in [9.17, 15) is 24.3 Å². The zero-order valence-electron chi connectivity index (χ0n) is 14.3. The Bertz CT molecular complexity index is 768. The van der Waals surface area contributed by atoms with Crippen LogP contribution in [0.3, 0.4) is 0 Å². The molecule has 0 spiro atoms. The Morgan fingerprint density at radius 2 is 2.00 bits per heavy atom. The molecule has 1 heterocycles. The average molecular weight is 353 g/mol. The van der Waals surface area contributed by atoms with Crippen LogP contribution in [-0.2, 0) is 9.59 Å². The van der Waals surface area contributed by atoms with Gasteiger partial charge in [-0.2, -0.15) is 0 Å². The summed E-state index contributed by atoms with van der Waals surface area (Å²) in [6.07, 6.45) is 1.81. The van der Waals surface area contributed by atoms with Gasteiger partial charge >= 0.3 is 11.7 Å². The van der Waals surface area contributed by atoms with Gasteiger partial charge < -0.3 is 15.1 Å². The van der Waals surface area contributed by atoms with Crippen molar-refractivity contribution in [3.63, 3.8) is 0 Å². The van der Waals surface area contributed by atoms with E-state index >= 15 is 0 Å². The number of aromatic amines is 1. The summed E-state index contributed by atoms with van der Waals surface area (Å²) in [6.45, 7) is 1.57. The number of nitrogens with one attached hydrogen (secondary N) is 1. The van der Waals surface area contributed by atoms with E-state index in [2.05, 4.69) is 4.98 Å². The molecule has 0 unspecified atom stereocenters. The fourth-order valence-corrected chi connectivity index (χ4v) is 3.27. The van der Waals surface area contributed by atoms with Crippen molar-refractivity contribution in [3.8, 4) is 0 Å². The van der Waals surface area contributed by atoms with E-state index in [4.69, 9.17) is 5.11 Å². The molecule has 138 valence electrons. The van der Waals surface area contributed by atoms with Crippen molar-refractivity contribution in [2.75, 3.05) is 7.05 Å². The molecule has 25 heavy (non-hydrogen) atoms. The third-order valence-electron chi connectivity index (χ3n) is 4.73. The molecule has 0 aliphatic heterocycles. The maximum absolute atomic E-state index is 12.1. The molecule has 1 aromatic rings. The number of aliphatic carboxylic acids is 1. The van der Waals surface area contributed by atoms with Gasteiger partial charge in [0.25, 0.3) is 5.56 Å². The summed E-state index contributed by atoms with van der Waals surface area (Å²) in [6, 6.07) is -1.07. The van der Waals surface area contributed by atoms with Crippen LogP contribution < -0.4 is 11.2 Å². The first-order valence-electron chi connectivity index (χ1n) is 8.20. The molecule has 0 bridgehead atoms. The highest BCUT2D eigenvalue weighted by molar-refractivity contribution is 5.80. The number of hydrogen-bond acceptors (Lipinski definition) is 5. The molecule has 9 heteroatoms. The van der Waals surface area contributed by atoms with Gasteiger partial charge in [-0.3, -0.25) is 23.9 Å². The zero-order chi connectivity index (χ0) is 18.7. The minimum Gasteiger partial charge on any atom is -0.481 e. The third-order valence-corrected chi connectivity index (χ3v) is 4.73. The summed E-state index contributed by atoms with van der Waals surface area (Å²) in [5.41, 5.74) is -0.705. The summed E-state index contributed by atoms with van der Waals surface area (Å²) >= 11 is 0. The van der Waals surface area contributed by atoms with E-state index < -0.39 is 35.4 Å². The first-order valence-corrected chi connectivity index (χ1v) is 8.20. The molecule has 1 saturated carbocycles. The number of carbonyl (C=O) groups excluding carboxylic acids is 1. The van der Waals surface area contributed by atoms with E-state index in [-0.39, 0.29) is 18.7 Å². The quantitative estimate of drug-likeness (QED) is 0.661. The van der Waals surface area contributed by atoms with E-state index in [1.165, 1.54) is 22.7 Å². The normalized spacial score (nSPS) is 23.2. The van der Waals surface area contributed by atoms with Crippen LogP contribution in [-0.4, -0.2) is 55.7 Å². The molecule has 0 saturated heterocycles. The number of rotatable bonds is 5. The van der Waals surface area contributed by atoms with Gasteiger partial charge in [-0.05, 0) is 26.2 Å². The van der Waals surface area contributed by atoms with Crippen LogP contribution in [0.15, 0.2) is 15.8 Å². The van der Waals surface area contributed by atoms with Crippen molar-refractivity contribution in [3.05, 3.63) is 32.6 Å². The Balaban J connectivity index is 2.20. The highest BCUT2D eigenvalue weighted by Gasteiger charge is 2.37. The van der Waals surface area contributed by atoms with E-state index in [1.807, 2.05) is 0 Å². The number of carboxylic acid groups (broad SMARTS) is 1. The van der Waals surface area contributed by atoms with Crippen molar-refractivity contribution in [1.29, 1.82) is 0 Å². The van der Waals surface area contributed by atoms with Crippen molar-refractivity contribution in [2.45, 2.75) is 57.2 Å². The lowest BCUT2D eigenvalue weighted by Gasteiger charge is -2.40. The van der Waals surface area contributed by atoms with E-state index in [0.29, 0.717) is 24.8 Å². The lowest BCUT2D eigenvalue weighted by Crippen LogP contribution is -2.52. The lowest BCUT2D eigenvalue weighted by molar-refractivity contribution is -0.142. The summed E-state index contributed by atoms with van der Waals surface area (Å²) in [5.74, 6) is -1.42. The zero-order valence-corrected chi connectivity index (χ0v) is 14.3. The Labute approximate surface area is 143 Å². The smallest absolute Gasteiger partial charge is 0.328 e. The second kappa shape index (κ2) is 7.64. The number of carbonyl (C=O) groups is 2. The van der Waals surface area contributed by atoms with Crippen LogP contribution in [0.5, 0.6) is 0 Å². The van der Waals surface area contributed by atoms with Crippen molar-refractivity contribution in [1.82, 2.24) is 14.5 Å². The Hall–Kier alpha value is -2.42. The molecule has 1 fully saturated rings. The monoisotopic (exact) mass is 353 g/mol. The molecule has 0 radical (unpaired) electrons. The maximum Gasteiger partial charge on any atom is 0.328 e. The number of aliphatic hydroxyl groups excluding tert-OH is 1. The molecule has 1 aliphatic carbocycles. The molecule has 9 nitrogen and oxygen atoms in total. The number of aryl methyl sites for hydroxylation is 1. The Morgan fingerprint density at radius 1 is 1.32 bits per heavy atom. The second-order valence-electron chi connectivity index (χ2n) is 6.43. The number of hydrogen-bond donors (Lipinski definition) is 3. The SMILES string of the molecule is Cc1cn([C@H]2CCC[C@H](N(C)C(=O)CCC(=O)O)[C@@H]2O)c(=O)[nH]c1=O. The van der Waals surface area contributed by atoms with Gasteiger partial charge in [-0.15, -0.1) is 0 Å². The van der Waals surface area contributed by atoms with Gasteiger partial charge in [-0.25, -0.2) is 4.79 Å². The van der Waals surface area contributed by atoms with Crippen LogP contribution in [0.2, 0.25) is 0 Å². The molecule has 3 atom stereocenters. The molecule has 0 aromatic carbocycles. The van der Waals surface area contributed by atoms with Crippen LogP contribution >= 0.6 is 0 Å². The third kappa shape index (κ3) is 4.16. The van der Waals surface area contributed by atoms with Crippen molar-refractivity contribution in [2.24, 2.45) is 0 Å². The number of nitrogens with zero attached hydrogens (tertiary/aromatic N) is 2. The Kier molecular flexibility index (Phi) is 5.78. The van der Waals surface area contributed by atoms with Gasteiger partial charge in [-0.1, -0.05) is 0 Å². The van der Waals surface area contributed by atoms with Gasteiger partial charge in [0, 0.05) is 25.2 Å². The predicted molar refractivity (Wildman–Crippen MR) is 88.4 cm³/mol.